The Kier molecular flexibility index (Phi) is 5.48. The highest BCUT2D eigenvalue weighted by atomic mass is 79.9. The Morgan fingerprint density at radius 2 is 2.38 bits per heavy atom. The average molecular weight is 305 g/mol. The second-order valence-electron chi connectivity index (χ2n) is 2.97. The lowest BCUT2D eigenvalue weighted by Gasteiger charge is -2.10. The maximum Gasteiger partial charge on any atom is 0.173 e. The number of halogens is 1. The Morgan fingerprint density at radius 3 is 3.00 bits per heavy atom. The van der Waals surface area contributed by atoms with Gasteiger partial charge in [-0.05, 0) is 24.5 Å². The molecule has 0 radical (unpaired) electrons. The lowest BCUT2D eigenvalue weighted by molar-refractivity contribution is 0.317. The molecular formula is C10H13BrN2O2S. The lowest BCUT2D eigenvalue weighted by Crippen LogP contribution is -2.15. The van der Waals surface area contributed by atoms with Crippen molar-refractivity contribution in [3.8, 4) is 5.75 Å². The summed E-state index contributed by atoms with van der Waals surface area (Å²) >= 11 is 5.02. The van der Waals surface area contributed by atoms with Gasteiger partial charge in [0.15, 0.2) is 5.84 Å². The zero-order chi connectivity index (χ0) is 12.0. The SMILES string of the molecule is CSCCOc1ccc(Br)cc1/C(N)=N/O. The number of oxime groups is 1. The minimum atomic E-state index is 0.0421. The van der Waals surface area contributed by atoms with Crippen molar-refractivity contribution in [2.24, 2.45) is 10.9 Å². The molecule has 6 heteroatoms. The molecule has 4 nitrogen and oxygen atoms in total. The number of nitrogens with zero attached hydrogens (tertiary/aromatic N) is 1. The summed E-state index contributed by atoms with van der Waals surface area (Å²) in [5.74, 6) is 1.55. The third-order valence-corrected chi connectivity index (χ3v) is 2.94. The van der Waals surface area contributed by atoms with Crippen LogP contribution in [0.3, 0.4) is 0 Å². The van der Waals surface area contributed by atoms with Crippen molar-refractivity contribution in [1.29, 1.82) is 0 Å². The van der Waals surface area contributed by atoms with Gasteiger partial charge in [-0.2, -0.15) is 11.8 Å². The van der Waals surface area contributed by atoms with E-state index in [9.17, 15) is 0 Å². The molecule has 0 unspecified atom stereocenters. The van der Waals surface area contributed by atoms with Crippen molar-refractivity contribution >= 4 is 33.5 Å². The van der Waals surface area contributed by atoms with E-state index in [2.05, 4.69) is 21.1 Å². The molecule has 0 aromatic heterocycles. The van der Waals surface area contributed by atoms with E-state index in [1.54, 1.807) is 23.9 Å². The van der Waals surface area contributed by atoms with Gasteiger partial charge in [-0.1, -0.05) is 21.1 Å². The van der Waals surface area contributed by atoms with Crippen molar-refractivity contribution < 1.29 is 9.94 Å². The number of hydrogen-bond donors (Lipinski definition) is 2. The number of rotatable bonds is 5. The Morgan fingerprint density at radius 1 is 1.62 bits per heavy atom. The van der Waals surface area contributed by atoms with Crippen LogP contribution < -0.4 is 10.5 Å². The molecule has 0 aliphatic carbocycles. The molecule has 88 valence electrons. The summed E-state index contributed by atoms with van der Waals surface area (Å²) in [6.45, 7) is 0.592. The zero-order valence-corrected chi connectivity index (χ0v) is 11.2. The Bertz CT molecular complexity index is 385. The van der Waals surface area contributed by atoms with Gasteiger partial charge in [0, 0.05) is 10.2 Å². The largest absolute Gasteiger partial charge is 0.492 e. The van der Waals surface area contributed by atoms with Crippen LogP contribution in [0.15, 0.2) is 27.8 Å². The standard InChI is InChI=1S/C10H13BrN2O2S/c1-16-5-4-15-9-3-2-7(11)6-8(9)10(12)13-14/h2-3,6,14H,4-5H2,1H3,(H2,12,13). The van der Waals surface area contributed by atoms with E-state index in [0.717, 1.165) is 10.2 Å². The predicted octanol–water partition coefficient (Wildman–Crippen LogP) is 2.29. The van der Waals surface area contributed by atoms with Crippen LogP contribution in [0.4, 0.5) is 0 Å². The minimum Gasteiger partial charge on any atom is -0.492 e. The molecule has 0 bridgehead atoms. The molecule has 0 saturated heterocycles. The fourth-order valence-corrected chi connectivity index (χ4v) is 1.73. The maximum atomic E-state index is 8.66. The maximum absolute atomic E-state index is 8.66. The first-order valence-electron chi connectivity index (χ1n) is 4.58. The second kappa shape index (κ2) is 6.65. The predicted molar refractivity (Wildman–Crippen MR) is 70.5 cm³/mol. The smallest absolute Gasteiger partial charge is 0.173 e. The molecule has 0 atom stereocenters. The third kappa shape index (κ3) is 3.61. The van der Waals surface area contributed by atoms with Gasteiger partial charge >= 0.3 is 0 Å². The highest BCUT2D eigenvalue weighted by Gasteiger charge is 2.08. The van der Waals surface area contributed by atoms with Gasteiger partial charge in [0.25, 0.3) is 0 Å². The minimum absolute atomic E-state index is 0.0421. The second-order valence-corrected chi connectivity index (χ2v) is 4.87. The van der Waals surface area contributed by atoms with Crippen LogP contribution in [0, 0.1) is 0 Å². The average Bonchev–Trinajstić information content (AvgIpc) is 2.30. The first-order chi connectivity index (χ1) is 7.69. The van der Waals surface area contributed by atoms with Crippen molar-refractivity contribution in [3.63, 3.8) is 0 Å². The first-order valence-corrected chi connectivity index (χ1v) is 6.77. The number of nitrogens with two attached hydrogens (primary N) is 1. The van der Waals surface area contributed by atoms with Gasteiger partial charge in [0.1, 0.15) is 5.75 Å². The molecular weight excluding hydrogens is 292 g/mol. The van der Waals surface area contributed by atoms with E-state index in [-0.39, 0.29) is 5.84 Å². The fraction of sp³-hybridized carbons (Fsp3) is 0.300. The first kappa shape index (κ1) is 13.2. The molecule has 1 aromatic carbocycles. The van der Waals surface area contributed by atoms with Crippen LogP contribution >= 0.6 is 27.7 Å². The normalized spacial score (nSPS) is 11.5. The monoisotopic (exact) mass is 304 g/mol. The summed E-state index contributed by atoms with van der Waals surface area (Å²) in [6.07, 6.45) is 2.01. The number of benzene rings is 1. The van der Waals surface area contributed by atoms with Gasteiger partial charge in [0.05, 0.1) is 12.2 Å². The van der Waals surface area contributed by atoms with Gasteiger partial charge < -0.3 is 15.7 Å². The highest BCUT2D eigenvalue weighted by Crippen LogP contribution is 2.23. The van der Waals surface area contributed by atoms with Crippen LogP contribution in [0.5, 0.6) is 5.75 Å². The van der Waals surface area contributed by atoms with E-state index in [0.29, 0.717) is 17.9 Å². The zero-order valence-electron chi connectivity index (χ0n) is 8.81. The topological polar surface area (TPSA) is 67.8 Å². The molecule has 1 aromatic rings. The number of hydrogen-bond acceptors (Lipinski definition) is 4. The molecule has 0 saturated carbocycles. The van der Waals surface area contributed by atoms with Gasteiger partial charge in [0.2, 0.25) is 0 Å². The van der Waals surface area contributed by atoms with Gasteiger partial charge in [-0.25, -0.2) is 0 Å². The van der Waals surface area contributed by atoms with E-state index >= 15 is 0 Å². The molecule has 1 rings (SSSR count). The molecule has 16 heavy (non-hydrogen) atoms. The van der Waals surface area contributed by atoms with E-state index in [1.807, 2.05) is 12.3 Å². The molecule has 0 fully saturated rings. The van der Waals surface area contributed by atoms with E-state index in [4.69, 9.17) is 15.7 Å². The third-order valence-electron chi connectivity index (χ3n) is 1.87. The van der Waals surface area contributed by atoms with Crippen molar-refractivity contribution in [2.75, 3.05) is 18.6 Å². The summed E-state index contributed by atoms with van der Waals surface area (Å²) < 4.78 is 6.39. The van der Waals surface area contributed by atoms with Crippen LogP contribution in [0.25, 0.3) is 0 Å². The Labute approximate surface area is 107 Å². The summed E-state index contributed by atoms with van der Waals surface area (Å²) in [4.78, 5) is 0. The molecule has 0 amide bonds. The van der Waals surface area contributed by atoms with E-state index < -0.39 is 0 Å². The Hall–Kier alpha value is -0.880. The Balaban J connectivity index is 2.89. The quantitative estimate of drug-likeness (QED) is 0.288. The van der Waals surface area contributed by atoms with Gasteiger partial charge in [-0.3, -0.25) is 0 Å². The number of thioether (sulfide) groups is 1. The summed E-state index contributed by atoms with van der Waals surface area (Å²) in [5.41, 5.74) is 6.14. The van der Waals surface area contributed by atoms with Crippen LogP contribution in [0.2, 0.25) is 0 Å². The lowest BCUT2D eigenvalue weighted by atomic mass is 10.2. The molecule has 0 spiro atoms. The molecule has 0 aliphatic heterocycles. The molecule has 3 N–H and O–H groups in total. The molecule has 0 aliphatic rings. The molecule has 0 heterocycles. The van der Waals surface area contributed by atoms with Crippen LogP contribution in [-0.2, 0) is 0 Å². The van der Waals surface area contributed by atoms with Crippen molar-refractivity contribution in [3.05, 3.63) is 28.2 Å². The summed E-state index contributed by atoms with van der Waals surface area (Å²) in [5, 5.41) is 11.6. The number of amidine groups is 1. The summed E-state index contributed by atoms with van der Waals surface area (Å²) in [6, 6.07) is 5.39. The van der Waals surface area contributed by atoms with E-state index in [1.165, 1.54) is 0 Å². The fourth-order valence-electron chi connectivity index (χ4n) is 1.12. The van der Waals surface area contributed by atoms with Crippen molar-refractivity contribution in [2.45, 2.75) is 0 Å². The highest BCUT2D eigenvalue weighted by molar-refractivity contribution is 9.10. The van der Waals surface area contributed by atoms with Gasteiger partial charge in [-0.15, -0.1) is 0 Å². The number of ether oxygens (including phenoxy) is 1. The van der Waals surface area contributed by atoms with Crippen molar-refractivity contribution in [1.82, 2.24) is 0 Å². The van der Waals surface area contributed by atoms with Crippen LogP contribution in [0.1, 0.15) is 5.56 Å². The summed E-state index contributed by atoms with van der Waals surface area (Å²) in [7, 11) is 0. The van der Waals surface area contributed by atoms with Crippen LogP contribution in [-0.4, -0.2) is 29.7 Å².